The van der Waals surface area contributed by atoms with Crippen LogP contribution in [0.5, 0.6) is 0 Å². The van der Waals surface area contributed by atoms with E-state index in [9.17, 15) is 0 Å². The van der Waals surface area contributed by atoms with Crippen LogP contribution in [0.2, 0.25) is 0 Å². The Balaban J connectivity index is 2.29. The SMILES string of the molecule is CCCc1nc(-c2cccc(C)c2)n[nH]1. The lowest BCUT2D eigenvalue weighted by molar-refractivity contribution is 0.841. The largest absolute Gasteiger partial charge is 0.263 e. The third kappa shape index (κ3) is 2.24. The molecule has 2 aromatic rings. The molecule has 0 saturated heterocycles. The standard InChI is InChI=1S/C12H15N3/c1-3-5-11-13-12(15-14-11)10-7-4-6-9(2)8-10/h4,6-8H,3,5H2,1-2H3,(H,13,14,15). The fraction of sp³-hybridized carbons (Fsp3) is 0.333. The second-order valence-corrected chi connectivity index (χ2v) is 3.73. The third-order valence-electron chi connectivity index (χ3n) is 2.29. The van der Waals surface area contributed by atoms with Crippen molar-refractivity contribution < 1.29 is 0 Å². The minimum Gasteiger partial charge on any atom is -0.263 e. The summed E-state index contributed by atoms with van der Waals surface area (Å²) in [5.41, 5.74) is 2.31. The van der Waals surface area contributed by atoms with Gasteiger partial charge in [0.15, 0.2) is 5.82 Å². The van der Waals surface area contributed by atoms with Crippen LogP contribution in [-0.4, -0.2) is 15.2 Å². The second-order valence-electron chi connectivity index (χ2n) is 3.73. The van der Waals surface area contributed by atoms with Crippen molar-refractivity contribution in [3.8, 4) is 11.4 Å². The molecule has 1 heterocycles. The molecule has 78 valence electrons. The highest BCUT2D eigenvalue weighted by Gasteiger charge is 2.04. The van der Waals surface area contributed by atoms with Crippen molar-refractivity contribution in [2.75, 3.05) is 0 Å². The Kier molecular flexibility index (Phi) is 2.81. The molecular formula is C12H15N3. The van der Waals surface area contributed by atoms with E-state index in [2.05, 4.69) is 41.2 Å². The van der Waals surface area contributed by atoms with E-state index in [0.29, 0.717) is 0 Å². The molecule has 0 radical (unpaired) electrons. The minimum absolute atomic E-state index is 0.794. The van der Waals surface area contributed by atoms with E-state index in [0.717, 1.165) is 30.1 Å². The number of hydrogen-bond donors (Lipinski definition) is 1. The molecule has 3 nitrogen and oxygen atoms in total. The number of aromatic amines is 1. The monoisotopic (exact) mass is 201 g/mol. The number of aromatic nitrogens is 3. The fourth-order valence-electron chi connectivity index (χ4n) is 1.56. The topological polar surface area (TPSA) is 41.6 Å². The van der Waals surface area contributed by atoms with Gasteiger partial charge in [-0.2, -0.15) is 5.10 Å². The summed E-state index contributed by atoms with van der Waals surface area (Å²) >= 11 is 0. The van der Waals surface area contributed by atoms with Gasteiger partial charge < -0.3 is 0 Å². The van der Waals surface area contributed by atoms with Crippen LogP contribution in [-0.2, 0) is 6.42 Å². The molecule has 0 unspecified atom stereocenters. The highest BCUT2D eigenvalue weighted by Crippen LogP contribution is 2.15. The lowest BCUT2D eigenvalue weighted by Gasteiger charge is -1.95. The first-order valence-electron chi connectivity index (χ1n) is 5.28. The summed E-state index contributed by atoms with van der Waals surface area (Å²) in [5, 5.41) is 7.17. The summed E-state index contributed by atoms with van der Waals surface area (Å²) in [6, 6.07) is 8.23. The van der Waals surface area contributed by atoms with Crippen molar-refractivity contribution in [2.24, 2.45) is 0 Å². The summed E-state index contributed by atoms with van der Waals surface area (Å²) in [6.07, 6.45) is 2.04. The zero-order valence-electron chi connectivity index (χ0n) is 9.12. The smallest absolute Gasteiger partial charge is 0.181 e. The van der Waals surface area contributed by atoms with Crippen molar-refractivity contribution in [2.45, 2.75) is 26.7 Å². The lowest BCUT2D eigenvalue weighted by atomic mass is 10.1. The molecule has 2 rings (SSSR count). The van der Waals surface area contributed by atoms with E-state index in [1.807, 2.05) is 12.1 Å². The lowest BCUT2D eigenvalue weighted by Crippen LogP contribution is -1.85. The fourth-order valence-corrected chi connectivity index (χ4v) is 1.56. The summed E-state index contributed by atoms with van der Waals surface area (Å²) in [6.45, 7) is 4.21. The number of benzene rings is 1. The molecule has 0 aliphatic rings. The minimum atomic E-state index is 0.794. The maximum Gasteiger partial charge on any atom is 0.181 e. The maximum atomic E-state index is 4.44. The molecule has 0 bridgehead atoms. The number of nitrogens with one attached hydrogen (secondary N) is 1. The van der Waals surface area contributed by atoms with Crippen LogP contribution in [0.25, 0.3) is 11.4 Å². The first-order valence-corrected chi connectivity index (χ1v) is 5.28. The molecule has 1 N–H and O–H groups in total. The van der Waals surface area contributed by atoms with Crippen molar-refractivity contribution >= 4 is 0 Å². The highest BCUT2D eigenvalue weighted by atomic mass is 15.2. The van der Waals surface area contributed by atoms with Crippen LogP contribution in [0.3, 0.4) is 0 Å². The predicted molar refractivity (Wildman–Crippen MR) is 60.6 cm³/mol. The van der Waals surface area contributed by atoms with E-state index in [1.165, 1.54) is 5.56 Å². The van der Waals surface area contributed by atoms with Crippen LogP contribution < -0.4 is 0 Å². The molecule has 0 aliphatic carbocycles. The van der Waals surface area contributed by atoms with E-state index in [-0.39, 0.29) is 0 Å². The highest BCUT2D eigenvalue weighted by molar-refractivity contribution is 5.55. The Labute approximate surface area is 89.6 Å². The number of hydrogen-bond acceptors (Lipinski definition) is 2. The van der Waals surface area contributed by atoms with Gasteiger partial charge in [-0.25, -0.2) is 4.98 Å². The molecule has 0 fully saturated rings. The predicted octanol–water partition coefficient (Wildman–Crippen LogP) is 2.73. The summed E-state index contributed by atoms with van der Waals surface area (Å²) in [4.78, 5) is 4.44. The normalized spacial score (nSPS) is 10.5. The molecule has 0 saturated carbocycles. The van der Waals surface area contributed by atoms with E-state index in [4.69, 9.17) is 0 Å². The summed E-state index contributed by atoms with van der Waals surface area (Å²) in [5.74, 6) is 1.76. The second kappa shape index (κ2) is 4.26. The Hall–Kier alpha value is -1.64. The van der Waals surface area contributed by atoms with Crippen molar-refractivity contribution in [3.63, 3.8) is 0 Å². The Morgan fingerprint density at radius 1 is 1.33 bits per heavy atom. The zero-order chi connectivity index (χ0) is 10.7. The van der Waals surface area contributed by atoms with Crippen LogP contribution >= 0.6 is 0 Å². The molecule has 0 spiro atoms. The quantitative estimate of drug-likeness (QED) is 0.829. The first-order chi connectivity index (χ1) is 7.29. The Morgan fingerprint density at radius 3 is 2.93 bits per heavy atom. The van der Waals surface area contributed by atoms with Crippen LogP contribution in [0.1, 0.15) is 24.7 Å². The van der Waals surface area contributed by atoms with Gasteiger partial charge in [0.1, 0.15) is 5.82 Å². The number of rotatable bonds is 3. The Bertz CT molecular complexity index is 446. The maximum absolute atomic E-state index is 4.44. The summed E-state index contributed by atoms with van der Waals surface area (Å²) in [7, 11) is 0. The Morgan fingerprint density at radius 2 is 2.20 bits per heavy atom. The van der Waals surface area contributed by atoms with Gasteiger partial charge in [-0.1, -0.05) is 30.7 Å². The summed E-state index contributed by atoms with van der Waals surface area (Å²) < 4.78 is 0. The average Bonchev–Trinajstić information content (AvgIpc) is 2.67. The van der Waals surface area contributed by atoms with Crippen molar-refractivity contribution in [1.82, 2.24) is 15.2 Å². The zero-order valence-corrected chi connectivity index (χ0v) is 9.12. The molecule has 1 aromatic carbocycles. The van der Waals surface area contributed by atoms with Gasteiger partial charge in [0.2, 0.25) is 0 Å². The number of nitrogens with zero attached hydrogens (tertiary/aromatic N) is 2. The van der Waals surface area contributed by atoms with Crippen molar-refractivity contribution in [3.05, 3.63) is 35.7 Å². The number of H-pyrrole nitrogens is 1. The molecule has 0 amide bonds. The van der Waals surface area contributed by atoms with Crippen molar-refractivity contribution in [1.29, 1.82) is 0 Å². The number of aryl methyl sites for hydroxylation is 2. The average molecular weight is 201 g/mol. The molecule has 3 heteroatoms. The molecule has 0 atom stereocenters. The molecule has 0 aliphatic heterocycles. The van der Waals surface area contributed by atoms with Gasteiger partial charge >= 0.3 is 0 Å². The van der Waals surface area contributed by atoms with Crippen LogP contribution in [0.4, 0.5) is 0 Å². The van der Waals surface area contributed by atoms with Gasteiger partial charge in [-0.05, 0) is 19.4 Å². The van der Waals surface area contributed by atoms with Gasteiger partial charge in [0.05, 0.1) is 0 Å². The van der Waals surface area contributed by atoms with Crippen LogP contribution in [0, 0.1) is 6.92 Å². The molecule has 15 heavy (non-hydrogen) atoms. The van der Waals surface area contributed by atoms with E-state index < -0.39 is 0 Å². The van der Waals surface area contributed by atoms with E-state index in [1.54, 1.807) is 0 Å². The van der Waals surface area contributed by atoms with E-state index >= 15 is 0 Å². The van der Waals surface area contributed by atoms with Gasteiger partial charge in [0.25, 0.3) is 0 Å². The van der Waals surface area contributed by atoms with Gasteiger partial charge in [-0.3, -0.25) is 5.10 Å². The van der Waals surface area contributed by atoms with Gasteiger partial charge in [0, 0.05) is 12.0 Å². The van der Waals surface area contributed by atoms with Crippen LogP contribution in [0.15, 0.2) is 24.3 Å². The van der Waals surface area contributed by atoms with Gasteiger partial charge in [-0.15, -0.1) is 0 Å². The molecular weight excluding hydrogens is 186 g/mol. The third-order valence-corrected chi connectivity index (χ3v) is 2.29. The molecule has 1 aromatic heterocycles. The first kappa shape index (κ1) is 9.90.